The molecule has 0 aliphatic carbocycles. The van der Waals surface area contributed by atoms with E-state index in [-0.39, 0.29) is 5.78 Å². The molecule has 1 aromatic carbocycles. The zero-order chi connectivity index (χ0) is 14.7. The van der Waals surface area contributed by atoms with Gasteiger partial charge in [-0.2, -0.15) is 5.26 Å². The molecule has 5 heteroatoms. The summed E-state index contributed by atoms with van der Waals surface area (Å²) in [6.07, 6.45) is 0. The molecule has 2 rings (SSSR count). The first-order valence-electron chi connectivity index (χ1n) is 6.18. The summed E-state index contributed by atoms with van der Waals surface area (Å²) < 4.78 is 0. The number of thiazole rings is 1. The van der Waals surface area contributed by atoms with Crippen molar-refractivity contribution < 1.29 is 4.79 Å². The average molecular weight is 285 g/mol. The number of nitrogens with zero attached hydrogens (tertiary/aromatic N) is 3. The molecule has 0 aliphatic rings. The van der Waals surface area contributed by atoms with Crippen LogP contribution in [0.1, 0.15) is 33.5 Å². The fourth-order valence-electron chi connectivity index (χ4n) is 2.02. The average Bonchev–Trinajstić information content (AvgIpc) is 2.83. The number of aryl methyl sites for hydroxylation is 1. The molecule has 0 fully saturated rings. The van der Waals surface area contributed by atoms with E-state index in [1.165, 1.54) is 6.92 Å². The molecule has 0 bridgehead atoms. The third kappa shape index (κ3) is 3.03. The number of carbonyl (C=O) groups is 1. The molecule has 0 aliphatic heterocycles. The van der Waals surface area contributed by atoms with Crippen molar-refractivity contribution in [2.24, 2.45) is 0 Å². The molecule has 0 saturated carbocycles. The molecule has 0 amide bonds. The Balaban J connectivity index is 2.34. The molecule has 1 aromatic heterocycles. The SMILES string of the molecule is CC(=O)c1ccc(C#N)cc1N(C)Cc1csc(C)n1. The van der Waals surface area contributed by atoms with E-state index in [0.717, 1.165) is 16.4 Å². The van der Waals surface area contributed by atoms with Crippen molar-refractivity contribution in [3.05, 3.63) is 45.4 Å². The van der Waals surface area contributed by atoms with E-state index in [1.54, 1.807) is 29.5 Å². The van der Waals surface area contributed by atoms with Crippen molar-refractivity contribution in [2.45, 2.75) is 20.4 Å². The standard InChI is InChI=1S/C15H15N3OS/c1-10(19)14-5-4-12(7-16)6-15(14)18(3)8-13-9-20-11(2)17-13/h4-6,9H,8H2,1-3H3. The minimum Gasteiger partial charge on any atom is -0.368 e. The van der Waals surface area contributed by atoms with Gasteiger partial charge in [0, 0.05) is 23.7 Å². The highest BCUT2D eigenvalue weighted by molar-refractivity contribution is 7.09. The number of hydrogen-bond acceptors (Lipinski definition) is 5. The number of aromatic nitrogens is 1. The normalized spacial score (nSPS) is 10.1. The number of rotatable bonds is 4. The molecule has 0 spiro atoms. The van der Waals surface area contributed by atoms with Gasteiger partial charge in [-0.05, 0) is 32.0 Å². The van der Waals surface area contributed by atoms with Gasteiger partial charge in [-0.3, -0.25) is 4.79 Å². The van der Waals surface area contributed by atoms with Crippen molar-refractivity contribution in [3.63, 3.8) is 0 Å². The van der Waals surface area contributed by atoms with Gasteiger partial charge >= 0.3 is 0 Å². The van der Waals surface area contributed by atoms with Gasteiger partial charge in [0.2, 0.25) is 0 Å². The molecular formula is C15H15N3OS. The summed E-state index contributed by atoms with van der Waals surface area (Å²) in [4.78, 5) is 18.1. The van der Waals surface area contributed by atoms with Gasteiger partial charge in [-0.1, -0.05) is 0 Å². The van der Waals surface area contributed by atoms with Gasteiger partial charge in [0.1, 0.15) is 0 Å². The number of nitriles is 1. The second-order valence-electron chi connectivity index (χ2n) is 4.61. The third-order valence-corrected chi connectivity index (χ3v) is 3.81. The lowest BCUT2D eigenvalue weighted by Gasteiger charge is -2.21. The monoisotopic (exact) mass is 285 g/mol. The summed E-state index contributed by atoms with van der Waals surface area (Å²) in [6.45, 7) is 4.11. The Kier molecular flexibility index (Phi) is 4.16. The van der Waals surface area contributed by atoms with E-state index in [1.807, 2.05) is 24.3 Å². The van der Waals surface area contributed by atoms with Crippen LogP contribution in [0, 0.1) is 18.3 Å². The Bertz CT molecular complexity index is 685. The zero-order valence-corrected chi connectivity index (χ0v) is 12.5. The third-order valence-electron chi connectivity index (χ3n) is 2.98. The summed E-state index contributed by atoms with van der Waals surface area (Å²) in [5.41, 5.74) is 2.90. The molecule has 0 saturated heterocycles. The number of ketones is 1. The lowest BCUT2D eigenvalue weighted by atomic mass is 10.1. The first-order chi connectivity index (χ1) is 9.51. The smallest absolute Gasteiger partial charge is 0.161 e. The van der Waals surface area contributed by atoms with E-state index in [0.29, 0.717) is 17.7 Å². The predicted octanol–water partition coefficient (Wildman–Crippen LogP) is 3.16. The minimum absolute atomic E-state index is 0.00852. The van der Waals surface area contributed by atoms with Crippen molar-refractivity contribution in [2.75, 3.05) is 11.9 Å². The molecule has 0 unspecified atom stereocenters. The Labute approximate surface area is 122 Å². The number of anilines is 1. The first kappa shape index (κ1) is 14.2. The van der Waals surface area contributed by atoms with E-state index >= 15 is 0 Å². The number of benzene rings is 1. The molecule has 102 valence electrons. The van der Waals surface area contributed by atoms with Crippen LogP contribution in [-0.2, 0) is 6.54 Å². The minimum atomic E-state index is -0.00852. The summed E-state index contributed by atoms with van der Waals surface area (Å²) in [7, 11) is 1.90. The van der Waals surface area contributed by atoms with Crippen LogP contribution in [0.25, 0.3) is 0 Å². The van der Waals surface area contributed by atoms with Gasteiger partial charge < -0.3 is 4.90 Å². The predicted molar refractivity (Wildman–Crippen MR) is 80.1 cm³/mol. The van der Waals surface area contributed by atoms with Crippen molar-refractivity contribution >= 4 is 22.8 Å². The highest BCUT2D eigenvalue weighted by atomic mass is 32.1. The fraction of sp³-hybridized carbons (Fsp3) is 0.267. The largest absolute Gasteiger partial charge is 0.368 e. The summed E-state index contributed by atoms with van der Waals surface area (Å²) in [5, 5.41) is 12.0. The molecule has 1 heterocycles. The van der Waals surface area contributed by atoms with Crippen LogP contribution in [0.15, 0.2) is 23.6 Å². The van der Waals surface area contributed by atoms with E-state index < -0.39 is 0 Å². The maximum atomic E-state index is 11.7. The Hall–Kier alpha value is -2.19. The van der Waals surface area contributed by atoms with Crippen LogP contribution < -0.4 is 4.90 Å². The first-order valence-corrected chi connectivity index (χ1v) is 7.06. The Morgan fingerprint density at radius 2 is 2.25 bits per heavy atom. The van der Waals surface area contributed by atoms with Gasteiger partial charge in [-0.25, -0.2) is 4.98 Å². The van der Waals surface area contributed by atoms with Crippen LogP contribution in [0.5, 0.6) is 0 Å². The highest BCUT2D eigenvalue weighted by Gasteiger charge is 2.13. The zero-order valence-electron chi connectivity index (χ0n) is 11.7. The van der Waals surface area contributed by atoms with Crippen molar-refractivity contribution in [3.8, 4) is 6.07 Å². The lowest BCUT2D eigenvalue weighted by Crippen LogP contribution is -2.19. The van der Waals surface area contributed by atoms with Crippen LogP contribution in [0.3, 0.4) is 0 Å². The molecule has 4 nitrogen and oxygen atoms in total. The Morgan fingerprint density at radius 3 is 2.80 bits per heavy atom. The highest BCUT2D eigenvalue weighted by Crippen LogP contribution is 2.23. The van der Waals surface area contributed by atoms with E-state index in [9.17, 15) is 4.79 Å². The second-order valence-corrected chi connectivity index (χ2v) is 5.68. The number of carbonyl (C=O) groups excluding carboxylic acids is 1. The summed E-state index contributed by atoms with van der Waals surface area (Å²) in [5.74, 6) is -0.00852. The Morgan fingerprint density at radius 1 is 1.50 bits per heavy atom. The molecule has 0 N–H and O–H groups in total. The topological polar surface area (TPSA) is 57.0 Å². The maximum absolute atomic E-state index is 11.7. The number of Topliss-reactive ketones (excluding diaryl/α,β-unsaturated/α-hetero) is 1. The second kappa shape index (κ2) is 5.85. The maximum Gasteiger partial charge on any atom is 0.161 e. The molecule has 20 heavy (non-hydrogen) atoms. The van der Waals surface area contributed by atoms with E-state index in [4.69, 9.17) is 5.26 Å². The number of hydrogen-bond donors (Lipinski definition) is 0. The lowest BCUT2D eigenvalue weighted by molar-refractivity contribution is 0.101. The fourth-order valence-corrected chi connectivity index (χ4v) is 2.63. The quantitative estimate of drug-likeness (QED) is 0.810. The van der Waals surface area contributed by atoms with Crippen molar-refractivity contribution in [1.29, 1.82) is 5.26 Å². The van der Waals surface area contributed by atoms with Crippen LogP contribution in [-0.4, -0.2) is 17.8 Å². The molecule has 2 aromatic rings. The summed E-state index contributed by atoms with van der Waals surface area (Å²) in [6, 6.07) is 7.23. The van der Waals surface area contributed by atoms with E-state index in [2.05, 4.69) is 11.1 Å². The van der Waals surface area contributed by atoms with Gasteiger partial charge in [0.15, 0.2) is 5.78 Å². The molecule has 0 radical (unpaired) electrons. The van der Waals surface area contributed by atoms with Crippen molar-refractivity contribution in [1.82, 2.24) is 4.98 Å². The molecule has 0 atom stereocenters. The van der Waals surface area contributed by atoms with Crippen LogP contribution in [0.2, 0.25) is 0 Å². The van der Waals surface area contributed by atoms with Gasteiger partial charge in [-0.15, -0.1) is 11.3 Å². The van der Waals surface area contributed by atoms with Gasteiger partial charge in [0.05, 0.1) is 28.9 Å². The van der Waals surface area contributed by atoms with Gasteiger partial charge in [0.25, 0.3) is 0 Å². The van der Waals surface area contributed by atoms with Crippen LogP contribution in [0.4, 0.5) is 5.69 Å². The summed E-state index contributed by atoms with van der Waals surface area (Å²) >= 11 is 1.60. The van der Waals surface area contributed by atoms with Crippen LogP contribution >= 0.6 is 11.3 Å². The molecular weight excluding hydrogens is 270 g/mol.